The first-order valence-electron chi connectivity index (χ1n) is 7.19. The van der Waals surface area contributed by atoms with Crippen LogP contribution in [-0.2, 0) is 15.0 Å². The van der Waals surface area contributed by atoms with Gasteiger partial charge < -0.3 is 10.4 Å². The third-order valence-corrected chi connectivity index (χ3v) is 4.39. The maximum absolute atomic E-state index is 12.2. The van der Waals surface area contributed by atoms with Crippen molar-refractivity contribution in [1.29, 1.82) is 0 Å². The van der Waals surface area contributed by atoms with Crippen LogP contribution in [0.1, 0.15) is 40.2 Å². The van der Waals surface area contributed by atoms with Crippen LogP contribution < -0.4 is 5.32 Å². The van der Waals surface area contributed by atoms with Gasteiger partial charge in [-0.1, -0.05) is 46.8 Å². The average Bonchev–Trinajstić information content (AvgIpc) is 2.92. The lowest BCUT2D eigenvalue weighted by Gasteiger charge is -2.19. The number of hydrogen-bond acceptors (Lipinski definition) is 2. The van der Waals surface area contributed by atoms with Gasteiger partial charge in [0.1, 0.15) is 0 Å². The van der Waals surface area contributed by atoms with Crippen LogP contribution >= 0.6 is 0 Å². The van der Waals surface area contributed by atoms with Crippen molar-refractivity contribution in [2.45, 2.75) is 40.0 Å². The van der Waals surface area contributed by atoms with E-state index in [-0.39, 0.29) is 11.3 Å². The lowest BCUT2D eigenvalue weighted by Crippen LogP contribution is -2.18. The summed E-state index contributed by atoms with van der Waals surface area (Å²) in [4.78, 5) is 23.3. The molecular weight excluding hydrogens is 266 g/mol. The molecule has 2 rings (SSSR count). The van der Waals surface area contributed by atoms with E-state index in [1.165, 1.54) is 5.56 Å². The van der Waals surface area contributed by atoms with Crippen molar-refractivity contribution in [2.24, 2.45) is 17.3 Å². The van der Waals surface area contributed by atoms with Gasteiger partial charge in [-0.3, -0.25) is 9.59 Å². The summed E-state index contributed by atoms with van der Waals surface area (Å²) in [6, 6.07) is 7.71. The number of carboxylic acids is 1. The zero-order valence-corrected chi connectivity index (χ0v) is 13.2. The first-order chi connectivity index (χ1) is 9.55. The van der Waals surface area contributed by atoms with Gasteiger partial charge in [0.25, 0.3) is 0 Å². The summed E-state index contributed by atoms with van der Waals surface area (Å²) in [6.07, 6.45) is 0. The molecule has 0 bridgehead atoms. The summed E-state index contributed by atoms with van der Waals surface area (Å²) in [6.45, 7) is 10.0. The lowest BCUT2D eigenvalue weighted by molar-refractivity contribution is -0.140. The van der Waals surface area contributed by atoms with Gasteiger partial charge in [0.2, 0.25) is 5.91 Å². The Morgan fingerprint density at radius 1 is 1.10 bits per heavy atom. The quantitative estimate of drug-likeness (QED) is 0.897. The van der Waals surface area contributed by atoms with Crippen LogP contribution in [0.5, 0.6) is 0 Å². The SMILES string of the molecule is CC(C)(C)c1ccc(NC(=O)C2C(C(=O)O)C2(C)C)cc1. The molecule has 114 valence electrons. The van der Waals surface area contributed by atoms with E-state index in [1.54, 1.807) is 0 Å². The number of anilines is 1. The molecule has 1 aromatic carbocycles. The Kier molecular flexibility index (Phi) is 3.60. The first kappa shape index (κ1) is 15.5. The van der Waals surface area contributed by atoms with Crippen LogP contribution in [0.4, 0.5) is 5.69 Å². The summed E-state index contributed by atoms with van der Waals surface area (Å²) in [7, 11) is 0. The molecule has 1 saturated carbocycles. The van der Waals surface area contributed by atoms with E-state index in [0.717, 1.165) is 0 Å². The summed E-state index contributed by atoms with van der Waals surface area (Å²) in [5.74, 6) is -2.16. The highest BCUT2D eigenvalue weighted by Gasteiger charge is 2.65. The summed E-state index contributed by atoms with van der Waals surface area (Å²) >= 11 is 0. The normalized spacial score (nSPS) is 23.5. The van der Waals surface area contributed by atoms with Gasteiger partial charge in [-0.05, 0) is 28.5 Å². The monoisotopic (exact) mass is 289 g/mol. The van der Waals surface area contributed by atoms with Crippen LogP contribution in [-0.4, -0.2) is 17.0 Å². The molecule has 2 N–H and O–H groups in total. The molecule has 1 amide bonds. The fourth-order valence-electron chi connectivity index (χ4n) is 2.86. The summed E-state index contributed by atoms with van der Waals surface area (Å²) in [5, 5.41) is 11.9. The standard InChI is InChI=1S/C17H23NO3/c1-16(2,3)10-6-8-11(9-7-10)18-14(19)12-13(15(20)21)17(12,4)5/h6-9,12-13H,1-5H3,(H,18,19)(H,20,21). The molecule has 1 fully saturated rings. The zero-order valence-electron chi connectivity index (χ0n) is 13.2. The van der Waals surface area contributed by atoms with E-state index < -0.39 is 23.2 Å². The van der Waals surface area contributed by atoms with E-state index in [4.69, 9.17) is 5.11 Å². The molecule has 0 saturated heterocycles. The van der Waals surface area contributed by atoms with Crippen LogP contribution in [0.25, 0.3) is 0 Å². The molecule has 2 atom stereocenters. The molecule has 1 aromatic rings. The zero-order chi connectivity index (χ0) is 16.0. The molecule has 2 unspecified atom stereocenters. The smallest absolute Gasteiger partial charge is 0.307 e. The lowest BCUT2D eigenvalue weighted by atomic mass is 9.87. The highest BCUT2D eigenvalue weighted by atomic mass is 16.4. The van der Waals surface area contributed by atoms with E-state index in [0.29, 0.717) is 5.69 Å². The Balaban J connectivity index is 2.06. The molecule has 0 radical (unpaired) electrons. The Bertz CT molecular complexity index is 567. The number of hydrogen-bond donors (Lipinski definition) is 2. The van der Waals surface area contributed by atoms with Gasteiger partial charge in [-0.2, -0.15) is 0 Å². The van der Waals surface area contributed by atoms with Gasteiger partial charge in [0.15, 0.2) is 0 Å². The van der Waals surface area contributed by atoms with Gasteiger partial charge in [0.05, 0.1) is 11.8 Å². The molecule has 1 aliphatic rings. The van der Waals surface area contributed by atoms with E-state index in [9.17, 15) is 9.59 Å². The molecule has 4 heteroatoms. The van der Waals surface area contributed by atoms with Gasteiger partial charge >= 0.3 is 5.97 Å². The molecule has 4 nitrogen and oxygen atoms in total. The number of amides is 1. The number of carbonyl (C=O) groups excluding carboxylic acids is 1. The third kappa shape index (κ3) is 2.94. The third-order valence-electron chi connectivity index (χ3n) is 4.39. The van der Waals surface area contributed by atoms with E-state index in [1.807, 2.05) is 38.1 Å². The molecule has 21 heavy (non-hydrogen) atoms. The second-order valence-corrected chi connectivity index (χ2v) is 7.43. The number of aliphatic carboxylic acids is 1. The van der Waals surface area contributed by atoms with Crippen molar-refractivity contribution in [3.8, 4) is 0 Å². The minimum Gasteiger partial charge on any atom is -0.481 e. The second-order valence-electron chi connectivity index (χ2n) is 7.43. The van der Waals surface area contributed by atoms with Crippen molar-refractivity contribution in [3.63, 3.8) is 0 Å². The molecule has 0 heterocycles. The maximum atomic E-state index is 12.2. The largest absolute Gasteiger partial charge is 0.481 e. The minimum absolute atomic E-state index is 0.0649. The maximum Gasteiger partial charge on any atom is 0.307 e. The predicted molar refractivity (Wildman–Crippen MR) is 82.2 cm³/mol. The van der Waals surface area contributed by atoms with E-state index in [2.05, 4.69) is 26.1 Å². The van der Waals surface area contributed by atoms with Crippen LogP contribution in [0.3, 0.4) is 0 Å². The molecule has 0 aliphatic heterocycles. The number of carboxylic acid groups (broad SMARTS) is 1. The number of carbonyl (C=O) groups is 2. The van der Waals surface area contributed by atoms with Crippen molar-refractivity contribution in [2.75, 3.05) is 5.32 Å². The Hall–Kier alpha value is -1.84. The topological polar surface area (TPSA) is 66.4 Å². The highest BCUT2D eigenvalue weighted by Crippen LogP contribution is 2.58. The summed E-state index contributed by atoms with van der Waals surface area (Å²) < 4.78 is 0. The summed E-state index contributed by atoms with van der Waals surface area (Å²) in [5.41, 5.74) is 1.49. The first-order valence-corrected chi connectivity index (χ1v) is 7.19. The predicted octanol–water partition coefficient (Wildman–Crippen LogP) is 3.28. The van der Waals surface area contributed by atoms with Crippen molar-refractivity contribution >= 4 is 17.6 Å². The van der Waals surface area contributed by atoms with Gasteiger partial charge in [-0.25, -0.2) is 0 Å². The van der Waals surface area contributed by atoms with Crippen LogP contribution in [0, 0.1) is 17.3 Å². The minimum atomic E-state index is -0.900. The van der Waals surface area contributed by atoms with Gasteiger partial charge in [0, 0.05) is 5.69 Å². The Labute approximate surface area is 125 Å². The van der Waals surface area contributed by atoms with Crippen LogP contribution in [0.15, 0.2) is 24.3 Å². The molecule has 0 spiro atoms. The second kappa shape index (κ2) is 4.86. The van der Waals surface area contributed by atoms with Crippen molar-refractivity contribution in [1.82, 2.24) is 0 Å². The Morgan fingerprint density at radius 3 is 2.00 bits per heavy atom. The van der Waals surface area contributed by atoms with E-state index >= 15 is 0 Å². The fourth-order valence-corrected chi connectivity index (χ4v) is 2.86. The molecule has 0 aromatic heterocycles. The molecular formula is C17H23NO3. The number of nitrogens with one attached hydrogen (secondary N) is 1. The average molecular weight is 289 g/mol. The van der Waals surface area contributed by atoms with Crippen molar-refractivity contribution < 1.29 is 14.7 Å². The van der Waals surface area contributed by atoms with Crippen LogP contribution in [0.2, 0.25) is 0 Å². The fraction of sp³-hybridized carbons (Fsp3) is 0.529. The highest BCUT2D eigenvalue weighted by molar-refractivity contribution is 5.99. The number of rotatable bonds is 3. The Morgan fingerprint density at radius 2 is 1.62 bits per heavy atom. The molecule has 1 aliphatic carbocycles. The number of benzene rings is 1. The van der Waals surface area contributed by atoms with Crippen molar-refractivity contribution in [3.05, 3.63) is 29.8 Å². The van der Waals surface area contributed by atoms with Gasteiger partial charge in [-0.15, -0.1) is 0 Å².